The van der Waals surface area contributed by atoms with E-state index in [-0.39, 0.29) is 11.5 Å². The van der Waals surface area contributed by atoms with E-state index in [4.69, 9.17) is 0 Å². The lowest BCUT2D eigenvalue weighted by atomic mass is 10.2. The van der Waals surface area contributed by atoms with Gasteiger partial charge in [0, 0.05) is 12.3 Å². The maximum atomic E-state index is 13.4. The Morgan fingerprint density at radius 3 is 2.46 bits per heavy atom. The minimum Gasteiger partial charge on any atom is -0.354 e. The average Bonchev–Trinajstić information content (AvgIpc) is 2.63. The number of carbonyl (C=O) groups excluding carboxylic acids is 1. The van der Waals surface area contributed by atoms with Gasteiger partial charge in [-0.2, -0.15) is 11.8 Å². The molecule has 152 valence electrons. The van der Waals surface area contributed by atoms with E-state index in [1.807, 2.05) is 0 Å². The third kappa shape index (κ3) is 7.47. The molecule has 0 saturated heterocycles. The quantitative estimate of drug-likeness (QED) is 0.591. The molecule has 0 radical (unpaired) electrons. The van der Waals surface area contributed by atoms with Gasteiger partial charge in [-0.1, -0.05) is 18.2 Å². The van der Waals surface area contributed by atoms with E-state index in [0.29, 0.717) is 13.0 Å². The number of sulfonamides is 1. The smallest absolute Gasteiger partial charge is 0.240 e. The molecule has 2 rings (SSSR count). The monoisotopic (exact) mass is 428 g/mol. The zero-order chi connectivity index (χ0) is 20.6. The Kier molecular flexibility index (Phi) is 8.25. The highest BCUT2D eigenvalue weighted by atomic mass is 32.2. The van der Waals surface area contributed by atoms with Crippen LogP contribution in [0.4, 0.5) is 14.5 Å². The van der Waals surface area contributed by atoms with Crippen molar-refractivity contribution in [1.29, 1.82) is 0 Å². The van der Waals surface area contributed by atoms with Crippen molar-refractivity contribution in [3.05, 3.63) is 65.7 Å². The highest BCUT2D eigenvalue weighted by molar-refractivity contribution is 7.98. The summed E-state index contributed by atoms with van der Waals surface area (Å²) >= 11 is 1.66. The number of hydrogen-bond donors (Lipinski definition) is 1. The molecule has 0 saturated carbocycles. The van der Waals surface area contributed by atoms with Crippen LogP contribution in [0.5, 0.6) is 0 Å². The minimum atomic E-state index is -3.73. The molecule has 0 aromatic heterocycles. The fraction of sp³-hybridized carbons (Fsp3) is 0.316. The van der Waals surface area contributed by atoms with Gasteiger partial charge in [0.25, 0.3) is 0 Å². The molecule has 1 amide bonds. The Bertz CT molecular complexity index is 890. The number of nitrogens with zero attached hydrogens (tertiary/aromatic N) is 1. The van der Waals surface area contributed by atoms with E-state index >= 15 is 0 Å². The normalized spacial score (nSPS) is 11.2. The van der Waals surface area contributed by atoms with Crippen LogP contribution in [-0.4, -0.2) is 39.4 Å². The first-order valence-electron chi connectivity index (χ1n) is 8.58. The third-order valence-electron chi connectivity index (χ3n) is 3.75. The number of carbonyl (C=O) groups is 1. The van der Waals surface area contributed by atoms with Gasteiger partial charge in [0.15, 0.2) is 0 Å². The van der Waals surface area contributed by atoms with Crippen molar-refractivity contribution >= 4 is 33.4 Å². The molecule has 0 unspecified atom stereocenters. The van der Waals surface area contributed by atoms with Gasteiger partial charge in [0.1, 0.15) is 18.2 Å². The molecule has 0 bridgehead atoms. The van der Waals surface area contributed by atoms with Crippen LogP contribution in [0.15, 0.2) is 48.5 Å². The lowest BCUT2D eigenvalue weighted by Gasteiger charge is -2.21. The van der Waals surface area contributed by atoms with Gasteiger partial charge in [0.05, 0.1) is 11.9 Å². The first kappa shape index (κ1) is 22.2. The van der Waals surface area contributed by atoms with Crippen molar-refractivity contribution in [1.82, 2.24) is 5.32 Å². The van der Waals surface area contributed by atoms with E-state index < -0.39 is 28.3 Å². The number of nitrogens with one attached hydrogen (secondary N) is 1. The highest BCUT2D eigenvalue weighted by Gasteiger charge is 2.20. The SMILES string of the molecule is CS(=O)(=O)N(CC(=O)NCCCSCc1ccc(F)cc1)c1cccc(F)c1. The molecule has 9 heteroatoms. The number of amides is 1. The van der Waals surface area contributed by atoms with E-state index in [9.17, 15) is 22.0 Å². The molecule has 2 aromatic rings. The number of thioether (sulfide) groups is 1. The topological polar surface area (TPSA) is 66.5 Å². The summed E-state index contributed by atoms with van der Waals surface area (Å²) in [6.45, 7) is -0.0129. The largest absolute Gasteiger partial charge is 0.354 e. The predicted molar refractivity (Wildman–Crippen MR) is 109 cm³/mol. The second kappa shape index (κ2) is 10.4. The fourth-order valence-corrected chi connectivity index (χ4v) is 4.16. The predicted octanol–water partition coefficient (Wildman–Crippen LogP) is 3.17. The summed E-state index contributed by atoms with van der Waals surface area (Å²) in [4.78, 5) is 12.1. The summed E-state index contributed by atoms with van der Waals surface area (Å²) in [5, 5.41) is 2.67. The number of hydrogen-bond acceptors (Lipinski definition) is 4. The fourth-order valence-electron chi connectivity index (χ4n) is 2.39. The van der Waals surface area contributed by atoms with Crippen molar-refractivity contribution in [3.63, 3.8) is 0 Å². The molecule has 1 N–H and O–H groups in total. The van der Waals surface area contributed by atoms with Crippen LogP contribution in [0.25, 0.3) is 0 Å². The van der Waals surface area contributed by atoms with Crippen molar-refractivity contribution < 1.29 is 22.0 Å². The Labute approximate surface area is 168 Å². The molecule has 0 aliphatic rings. The number of benzene rings is 2. The lowest BCUT2D eigenvalue weighted by Crippen LogP contribution is -2.40. The van der Waals surface area contributed by atoms with Crippen LogP contribution in [0, 0.1) is 11.6 Å². The average molecular weight is 429 g/mol. The molecule has 0 fully saturated rings. The Balaban J connectivity index is 1.74. The summed E-state index contributed by atoms with van der Waals surface area (Å²) in [6, 6.07) is 11.4. The van der Waals surface area contributed by atoms with Gasteiger partial charge in [-0.25, -0.2) is 17.2 Å². The van der Waals surface area contributed by atoms with Crippen molar-refractivity contribution in [2.75, 3.05) is 29.4 Å². The van der Waals surface area contributed by atoms with E-state index in [1.54, 1.807) is 23.9 Å². The van der Waals surface area contributed by atoms with Crippen molar-refractivity contribution in [2.45, 2.75) is 12.2 Å². The van der Waals surface area contributed by atoms with Gasteiger partial charge < -0.3 is 5.32 Å². The summed E-state index contributed by atoms with van der Waals surface area (Å²) in [5.74, 6) is 0.230. The second-order valence-corrected chi connectivity index (χ2v) is 9.14. The van der Waals surface area contributed by atoms with Gasteiger partial charge in [-0.15, -0.1) is 0 Å². The van der Waals surface area contributed by atoms with Crippen LogP contribution in [0.2, 0.25) is 0 Å². The van der Waals surface area contributed by atoms with E-state index in [1.165, 1.54) is 30.3 Å². The number of rotatable bonds is 10. The van der Waals surface area contributed by atoms with Crippen LogP contribution in [0.3, 0.4) is 0 Å². The summed E-state index contributed by atoms with van der Waals surface area (Å²) < 4.78 is 51.0. The lowest BCUT2D eigenvalue weighted by molar-refractivity contribution is -0.119. The van der Waals surface area contributed by atoms with Gasteiger partial charge in [-0.3, -0.25) is 9.10 Å². The van der Waals surface area contributed by atoms with Crippen molar-refractivity contribution in [3.8, 4) is 0 Å². The maximum absolute atomic E-state index is 13.4. The Hall–Kier alpha value is -2.13. The molecule has 5 nitrogen and oxygen atoms in total. The van der Waals surface area contributed by atoms with Crippen molar-refractivity contribution in [2.24, 2.45) is 0 Å². The van der Waals surface area contributed by atoms with Crippen LogP contribution >= 0.6 is 11.8 Å². The Morgan fingerprint density at radius 1 is 1.11 bits per heavy atom. The molecular weight excluding hydrogens is 406 g/mol. The zero-order valence-corrected chi connectivity index (χ0v) is 17.0. The third-order valence-corrected chi connectivity index (χ3v) is 6.01. The number of anilines is 1. The van der Waals surface area contributed by atoms with Gasteiger partial charge in [-0.05, 0) is 48.1 Å². The van der Waals surface area contributed by atoms with Gasteiger partial charge >= 0.3 is 0 Å². The molecular formula is C19H22F2N2O3S2. The minimum absolute atomic E-state index is 0.104. The molecule has 0 spiro atoms. The highest BCUT2D eigenvalue weighted by Crippen LogP contribution is 2.18. The molecule has 0 aliphatic heterocycles. The summed E-state index contributed by atoms with van der Waals surface area (Å²) in [5.41, 5.74) is 1.13. The van der Waals surface area contributed by atoms with Crippen LogP contribution < -0.4 is 9.62 Å². The summed E-state index contributed by atoms with van der Waals surface area (Å²) in [7, 11) is -3.73. The van der Waals surface area contributed by atoms with Crippen LogP contribution in [-0.2, 0) is 20.6 Å². The molecule has 0 atom stereocenters. The first-order chi connectivity index (χ1) is 13.3. The Morgan fingerprint density at radius 2 is 1.82 bits per heavy atom. The maximum Gasteiger partial charge on any atom is 0.240 e. The molecule has 0 heterocycles. The molecule has 0 aliphatic carbocycles. The zero-order valence-electron chi connectivity index (χ0n) is 15.4. The van der Waals surface area contributed by atoms with Crippen LogP contribution in [0.1, 0.15) is 12.0 Å². The standard InChI is InChI=1S/C19H22F2N2O3S2/c1-28(25,26)23(18-5-2-4-17(21)12-18)13-19(24)22-10-3-11-27-14-15-6-8-16(20)9-7-15/h2,4-9,12H,3,10-11,13-14H2,1H3,(H,22,24). The van der Waals surface area contributed by atoms with E-state index in [0.717, 1.165) is 33.7 Å². The molecule has 2 aromatic carbocycles. The number of halogens is 2. The van der Waals surface area contributed by atoms with Gasteiger partial charge in [0.2, 0.25) is 15.9 Å². The first-order valence-corrected chi connectivity index (χ1v) is 11.6. The summed E-state index contributed by atoms with van der Waals surface area (Å²) in [6.07, 6.45) is 1.67. The molecule has 28 heavy (non-hydrogen) atoms. The second-order valence-electron chi connectivity index (χ2n) is 6.13. The van der Waals surface area contributed by atoms with E-state index in [2.05, 4.69) is 5.32 Å².